The lowest BCUT2D eigenvalue weighted by Gasteiger charge is -2.33. The van der Waals surface area contributed by atoms with Gasteiger partial charge in [0.2, 0.25) is 5.91 Å². The number of rotatable bonds is 7. The number of piperidine rings is 1. The minimum atomic E-state index is -0.532. The van der Waals surface area contributed by atoms with E-state index in [9.17, 15) is 9.59 Å². The van der Waals surface area contributed by atoms with Crippen molar-refractivity contribution in [2.75, 3.05) is 13.1 Å². The van der Waals surface area contributed by atoms with Crippen LogP contribution in [0.2, 0.25) is 0 Å². The first-order valence-electron chi connectivity index (χ1n) is 10.8. The highest BCUT2D eigenvalue weighted by molar-refractivity contribution is 5.93. The van der Waals surface area contributed by atoms with Crippen molar-refractivity contribution in [3.8, 4) is 0 Å². The van der Waals surface area contributed by atoms with Gasteiger partial charge in [-0.2, -0.15) is 0 Å². The standard InChI is InChI=1S/C24H29N3O3/c28-23(11-8-17-6-9-19(10-7-17)24(29)26-30)27-14-12-20(13-15-27)25-22-16-21(22)18-4-2-1-3-5-18/h1-7,9-10,20-22,25,30H,8,11-16H2,(H,26,29). The van der Waals surface area contributed by atoms with Gasteiger partial charge in [-0.3, -0.25) is 14.8 Å². The summed E-state index contributed by atoms with van der Waals surface area (Å²) in [6.07, 6.45) is 4.35. The van der Waals surface area contributed by atoms with E-state index in [1.165, 1.54) is 12.0 Å². The minimum absolute atomic E-state index is 0.194. The van der Waals surface area contributed by atoms with Crippen molar-refractivity contribution in [3.63, 3.8) is 0 Å². The van der Waals surface area contributed by atoms with Crippen molar-refractivity contribution in [1.82, 2.24) is 15.7 Å². The Kier molecular flexibility index (Phi) is 6.45. The summed E-state index contributed by atoms with van der Waals surface area (Å²) in [6, 6.07) is 18.7. The van der Waals surface area contributed by atoms with Gasteiger partial charge in [-0.25, -0.2) is 5.48 Å². The van der Waals surface area contributed by atoms with Gasteiger partial charge in [0, 0.05) is 43.1 Å². The van der Waals surface area contributed by atoms with Crippen molar-refractivity contribution in [2.24, 2.45) is 0 Å². The summed E-state index contributed by atoms with van der Waals surface area (Å²) in [7, 11) is 0. The molecule has 2 atom stereocenters. The maximum atomic E-state index is 12.6. The summed E-state index contributed by atoms with van der Waals surface area (Å²) in [5.41, 5.74) is 4.45. The number of likely N-dealkylation sites (tertiary alicyclic amines) is 1. The Bertz CT molecular complexity index is 861. The van der Waals surface area contributed by atoms with Gasteiger partial charge in [-0.05, 0) is 48.9 Å². The summed E-state index contributed by atoms with van der Waals surface area (Å²) < 4.78 is 0. The molecule has 3 N–H and O–H groups in total. The van der Waals surface area contributed by atoms with Crippen molar-refractivity contribution in [2.45, 2.75) is 50.1 Å². The molecular formula is C24H29N3O3. The van der Waals surface area contributed by atoms with Gasteiger partial charge < -0.3 is 10.2 Å². The minimum Gasteiger partial charge on any atom is -0.343 e. The van der Waals surface area contributed by atoms with E-state index in [4.69, 9.17) is 5.21 Å². The molecule has 2 aromatic rings. The number of carbonyl (C=O) groups excluding carboxylic acids is 2. The second-order valence-electron chi connectivity index (χ2n) is 8.32. The molecule has 1 saturated carbocycles. The molecule has 158 valence electrons. The number of benzene rings is 2. The Morgan fingerprint density at radius 2 is 1.70 bits per heavy atom. The number of hydrogen-bond acceptors (Lipinski definition) is 4. The van der Waals surface area contributed by atoms with Crippen LogP contribution >= 0.6 is 0 Å². The van der Waals surface area contributed by atoms with Crippen LogP contribution in [0.25, 0.3) is 0 Å². The summed E-state index contributed by atoms with van der Waals surface area (Å²) in [6.45, 7) is 1.63. The average Bonchev–Trinajstić information content (AvgIpc) is 3.57. The highest BCUT2D eigenvalue weighted by Crippen LogP contribution is 2.41. The molecule has 0 radical (unpaired) electrons. The first-order valence-corrected chi connectivity index (χ1v) is 10.8. The Labute approximate surface area is 177 Å². The fraction of sp³-hybridized carbons (Fsp3) is 0.417. The SMILES string of the molecule is O=C(NO)c1ccc(CCC(=O)N2CCC(NC3CC3c3ccccc3)CC2)cc1. The number of aryl methyl sites for hydroxylation is 1. The third-order valence-electron chi connectivity index (χ3n) is 6.26. The molecule has 6 nitrogen and oxygen atoms in total. The highest BCUT2D eigenvalue weighted by atomic mass is 16.5. The van der Waals surface area contributed by atoms with Gasteiger partial charge in [-0.15, -0.1) is 0 Å². The van der Waals surface area contributed by atoms with Crippen molar-refractivity contribution in [3.05, 3.63) is 71.3 Å². The first kappa shape index (κ1) is 20.6. The van der Waals surface area contributed by atoms with Crippen LogP contribution in [0.15, 0.2) is 54.6 Å². The van der Waals surface area contributed by atoms with E-state index in [1.807, 2.05) is 17.0 Å². The molecule has 1 saturated heterocycles. The van der Waals surface area contributed by atoms with Gasteiger partial charge in [0.25, 0.3) is 5.91 Å². The predicted octanol–water partition coefficient (Wildman–Crippen LogP) is 2.87. The lowest BCUT2D eigenvalue weighted by Crippen LogP contribution is -2.45. The number of nitrogens with one attached hydrogen (secondary N) is 2. The van der Waals surface area contributed by atoms with Gasteiger partial charge in [0.1, 0.15) is 0 Å². The third kappa shape index (κ3) is 5.07. The molecule has 6 heteroatoms. The van der Waals surface area contributed by atoms with E-state index >= 15 is 0 Å². The van der Waals surface area contributed by atoms with Crippen molar-refractivity contribution >= 4 is 11.8 Å². The van der Waals surface area contributed by atoms with E-state index in [2.05, 4.69) is 35.6 Å². The number of hydrogen-bond donors (Lipinski definition) is 3. The van der Waals surface area contributed by atoms with Gasteiger partial charge in [-0.1, -0.05) is 42.5 Å². The van der Waals surface area contributed by atoms with Crippen LogP contribution in [-0.4, -0.2) is 47.1 Å². The second kappa shape index (κ2) is 9.41. The van der Waals surface area contributed by atoms with Crippen LogP contribution in [-0.2, 0) is 11.2 Å². The normalized spacial score (nSPS) is 21.3. The molecule has 0 spiro atoms. The van der Waals surface area contributed by atoms with E-state index in [1.54, 1.807) is 17.6 Å². The highest BCUT2D eigenvalue weighted by Gasteiger charge is 2.39. The smallest absolute Gasteiger partial charge is 0.274 e. The van der Waals surface area contributed by atoms with Gasteiger partial charge in [0.15, 0.2) is 0 Å². The van der Waals surface area contributed by atoms with Crippen LogP contribution in [0, 0.1) is 0 Å². The monoisotopic (exact) mass is 407 g/mol. The summed E-state index contributed by atoms with van der Waals surface area (Å²) in [5, 5.41) is 12.4. The molecule has 0 bridgehead atoms. The zero-order chi connectivity index (χ0) is 20.9. The Hall–Kier alpha value is -2.70. The fourth-order valence-corrected chi connectivity index (χ4v) is 4.34. The molecule has 2 fully saturated rings. The Balaban J connectivity index is 1.17. The molecule has 1 aliphatic carbocycles. The van der Waals surface area contributed by atoms with E-state index in [0.717, 1.165) is 31.5 Å². The van der Waals surface area contributed by atoms with E-state index in [-0.39, 0.29) is 5.91 Å². The number of hydroxylamine groups is 1. The molecule has 2 unspecified atom stereocenters. The zero-order valence-corrected chi connectivity index (χ0v) is 17.1. The number of carbonyl (C=O) groups is 2. The second-order valence-corrected chi connectivity index (χ2v) is 8.32. The summed E-state index contributed by atoms with van der Waals surface area (Å²) in [4.78, 5) is 25.9. The number of amides is 2. The van der Waals surface area contributed by atoms with Crippen LogP contribution in [0.1, 0.15) is 53.1 Å². The molecule has 2 aromatic carbocycles. The predicted molar refractivity (Wildman–Crippen MR) is 114 cm³/mol. The lowest BCUT2D eigenvalue weighted by molar-refractivity contribution is -0.132. The molecule has 0 aromatic heterocycles. The molecule has 1 heterocycles. The van der Waals surface area contributed by atoms with Gasteiger partial charge in [0.05, 0.1) is 0 Å². The van der Waals surface area contributed by atoms with Crippen LogP contribution in [0.3, 0.4) is 0 Å². The van der Waals surface area contributed by atoms with Crippen LogP contribution in [0.4, 0.5) is 0 Å². The quantitative estimate of drug-likeness (QED) is 0.487. The molecule has 4 rings (SSSR count). The van der Waals surface area contributed by atoms with Crippen LogP contribution < -0.4 is 10.8 Å². The topological polar surface area (TPSA) is 81.7 Å². The molecule has 2 amide bonds. The lowest BCUT2D eigenvalue weighted by atomic mass is 10.0. The van der Waals surface area contributed by atoms with Crippen LogP contribution in [0.5, 0.6) is 0 Å². The fourth-order valence-electron chi connectivity index (χ4n) is 4.34. The zero-order valence-electron chi connectivity index (χ0n) is 17.1. The molecule has 30 heavy (non-hydrogen) atoms. The van der Waals surface area contributed by atoms with E-state index < -0.39 is 5.91 Å². The molecular weight excluding hydrogens is 378 g/mol. The Morgan fingerprint density at radius 3 is 2.37 bits per heavy atom. The Morgan fingerprint density at radius 1 is 1.00 bits per heavy atom. The van der Waals surface area contributed by atoms with Crippen molar-refractivity contribution in [1.29, 1.82) is 0 Å². The molecule has 1 aliphatic heterocycles. The maximum absolute atomic E-state index is 12.6. The summed E-state index contributed by atoms with van der Waals surface area (Å²) >= 11 is 0. The molecule has 2 aliphatic rings. The van der Waals surface area contributed by atoms with Gasteiger partial charge >= 0.3 is 0 Å². The average molecular weight is 408 g/mol. The van der Waals surface area contributed by atoms with Crippen molar-refractivity contribution < 1.29 is 14.8 Å². The number of nitrogens with zero attached hydrogens (tertiary/aromatic N) is 1. The van der Waals surface area contributed by atoms with E-state index in [0.29, 0.717) is 36.4 Å². The largest absolute Gasteiger partial charge is 0.343 e. The third-order valence-corrected chi connectivity index (χ3v) is 6.26. The first-order chi connectivity index (χ1) is 14.6. The summed E-state index contributed by atoms with van der Waals surface area (Å²) in [5.74, 6) is 0.301. The maximum Gasteiger partial charge on any atom is 0.274 e.